The summed E-state index contributed by atoms with van der Waals surface area (Å²) in [5.74, 6) is -1.16. The van der Waals surface area contributed by atoms with Gasteiger partial charge in [-0.15, -0.1) is 0 Å². The van der Waals surface area contributed by atoms with Gasteiger partial charge in [-0.1, -0.05) is 47.5 Å². The maximum absolute atomic E-state index is 13.3. The van der Waals surface area contributed by atoms with Crippen LogP contribution in [0.3, 0.4) is 0 Å². The number of carbonyl (C=O) groups is 2. The number of halogens is 2. The molecule has 168 valence electrons. The van der Waals surface area contributed by atoms with Crippen LogP contribution in [0.25, 0.3) is 5.76 Å². The number of amides is 1. The van der Waals surface area contributed by atoms with E-state index in [-0.39, 0.29) is 16.4 Å². The van der Waals surface area contributed by atoms with Crippen molar-refractivity contribution in [3.63, 3.8) is 0 Å². The minimum atomic E-state index is -0.843. The largest absolute Gasteiger partial charge is 0.507 e. The highest BCUT2D eigenvalue weighted by Gasteiger charge is 2.47. The van der Waals surface area contributed by atoms with Crippen LogP contribution in [0, 0.1) is 13.8 Å². The number of carbonyl (C=O) groups excluding carboxylic acids is 2. The number of rotatable bonds is 4. The molecule has 1 atom stereocenters. The molecule has 0 bridgehead atoms. The summed E-state index contributed by atoms with van der Waals surface area (Å²) in [6.45, 7) is 3.69. The lowest BCUT2D eigenvalue weighted by Crippen LogP contribution is -2.29. The third kappa shape index (κ3) is 3.99. The molecule has 4 rings (SSSR count). The highest BCUT2D eigenvalue weighted by atomic mass is 35.5. The first-order chi connectivity index (χ1) is 15.7. The Hall–Kier alpha value is -3.28. The van der Waals surface area contributed by atoms with E-state index in [1.165, 1.54) is 4.90 Å². The fourth-order valence-corrected chi connectivity index (χ4v) is 4.39. The molecular weight excluding hydrogens is 461 g/mol. The predicted molar refractivity (Wildman–Crippen MR) is 130 cm³/mol. The van der Waals surface area contributed by atoms with Gasteiger partial charge < -0.3 is 9.84 Å². The maximum Gasteiger partial charge on any atom is 0.300 e. The molecule has 0 aliphatic carbocycles. The van der Waals surface area contributed by atoms with Crippen LogP contribution in [0.1, 0.15) is 28.3 Å². The number of ether oxygens (including phenoxy) is 1. The summed E-state index contributed by atoms with van der Waals surface area (Å²) >= 11 is 12.3. The molecule has 1 N–H and O–H groups in total. The van der Waals surface area contributed by atoms with Crippen molar-refractivity contribution in [1.29, 1.82) is 0 Å². The molecule has 0 saturated carbocycles. The normalized spacial score (nSPS) is 17.5. The number of hydrogen-bond acceptors (Lipinski definition) is 4. The van der Waals surface area contributed by atoms with Gasteiger partial charge in [-0.3, -0.25) is 14.5 Å². The standard InChI is InChI=1S/C26H21Cl2NO4/c1-14-6-4-5-7-18(14)23-22(24(30)19-10-9-17(33-3)12-15(19)2)25(31)26(32)29(23)16-8-11-20(27)21(28)13-16/h4-13,23,30H,1-3H3/b24-22+. The van der Waals surface area contributed by atoms with Gasteiger partial charge in [-0.25, -0.2) is 0 Å². The minimum absolute atomic E-state index is 0.00800. The molecule has 1 heterocycles. The van der Waals surface area contributed by atoms with E-state index in [2.05, 4.69) is 0 Å². The Kier molecular flexibility index (Phi) is 6.19. The molecule has 0 radical (unpaired) electrons. The summed E-state index contributed by atoms with van der Waals surface area (Å²) < 4.78 is 5.25. The average Bonchev–Trinajstić information content (AvgIpc) is 3.06. The Balaban J connectivity index is 1.98. The lowest BCUT2D eigenvalue weighted by molar-refractivity contribution is -0.132. The molecule has 1 saturated heterocycles. The van der Waals surface area contributed by atoms with Crippen molar-refractivity contribution in [3.05, 3.63) is 98.5 Å². The number of Topliss-reactive ketones (excluding diaryl/α,β-unsaturated/α-hetero) is 1. The maximum atomic E-state index is 13.3. The van der Waals surface area contributed by atoms with Crippen LogP contribution in [0.5, 0.6) is 5.75 Å². The Bertz CT molecular complexity index is 1320. The SMILES string of the molecule is COc1ccc(/C(O)=C2\C(=O)C(=O)N(c3ccc(Cl)c(Cl)c3)C2c2ccccc2C)c(C)c1. The first kappa shape index (κ1) is 22.9. The lowest BCUT2D eigenvalue weighted by atomic mass is 9.91. The zero-order valence-corrected chi connectivity index (χ0v) is 19.7. The van der Waals surface area contributed by atoms with E-state index >= 15 is 0 Å². The van der Waals surface area contributed by atoms with Gasteiger partial charge in [0, 0.05) is 11.3 Å². The van der Waals surface area contributed by atoms with Crippen LogP contribution in [0.2, 0.25) is 10.0 Å². The third-order valence-electron chi connectivity index (χ3n) is 5.80. The first-order valence-electron chi connectivity index (χ1n) is 10.2. The van der Waals surface area contributed by atoms with Gasteiger partial charge in [-0.2, -0.15) is 0 Å². The van der Waals surface area contributed by atoms with Crippen molar-refractivity contribution in [1.82, 2.24) is 0 Å². The van der Waals surface area contributed by atoms with Crippen molar-refractivity contribution >= 4 is 46.3 Å². The van der Waals surface area contributed by atoms with E-state index in [0.29, 0.717) is 27.6 Å². The number of hydrogen-bond donors (Lipinski definition) is 1. The molecule has 1 unspecified atom stereocenters. The Morgan fingerprint density at radius 3 is 2.30 bits per heavy atom. The van der Waals surface area contributed by atoms with E-state index in [1.807, 2.05) is 31.2 Å². The van der Waals surface area contributed by atoms with Crippen molar-refractivity contribution in [3.8, 4) is 5.75 Å². The summed E-state index contributed by atoms with van der Waals surface area (Å²) in [7, 11) is 1.55. The predicted octanol–water partition coefficient (Wildman–Crippen LogP) is 6.25. The zero-order chi connectivity index (χ0) is 23.9. The average molecular weight is 482 g/mol. The van der Waals surface area contributed by atoms with Gasteiger partial charge >= 0.3 is 0 Å². The van der Waals surface area contributed by atoms with Crippen LogP contribution in [-0.4, -0.2) is 23.9 Å². The van der Waals surface area contributed by atoms with Crippen molar-refractivity contribution < 1.29 is 19.4 Å². The fraction of sp³-hybridized carbons (Fsp3) is 0.154. The molecule has 3 aromatic carbocycles. The summed E-state index contributed by atoms with van der Waals surface area (Å²) in [5, 5.41) is 11.9. The number of anilines is 1. The Morgan fingerprint density at radius 1 is 0.939 bits per heavy atom. The highest BCUT2D eigenvalue weighted by molar-refractivity contribution is 6.52. The number of aryl methyl sites for hydroxylation is 2. The molecule has 0 aromatic heterocycles. The number of aliphatic hydroxyl groups excluding tert-OH is 1. The van der Waals surface area contributed by atoms with E-state index in [4.69, 9.17) is 27.9 Å². The smallest absolute Gasteiger partial charge is 0.300 e. The molecule has 1 aliphatic heterocycles. The number of nitrogens with zero attached hydrogens (tertiary/aromatic N) is 1. The monoisotopic (exact) mass is 481 g/mol. The van der Waals surface area contributed by atoms with Crippen LogP contribution in [-0.2, 0) is 9.59 Å². The van der Waals surface area contributed by atoms with E-state index < -0.39 is 17.7 Å². The summed E-state index contributed by atoms with van der Waals surface area (Å²) in [4.78, 5) is 27.9. The van der Waals surface area contributed by atoms with Crippen molar-refractivity contribution in [2.24, 2.45) is 0 Å². The van der Waals surface area contributed by atoms with Crippen LogP contribution in [0.4, 0.5) is 5.69 Å². The number of ketones is 1. The van der Waals surface area contributed by atoms with E-state index in [9.17, 15) is 14.7 Å². The number of benzene rings is 3. The van der Waals surface area contributed by atoms with Gasteiger partial charge in [0.05, 0.1) is 28.8 Å². The second-order valence-electron chi connectivity index (χ2n) is 7.80. The van der Waals surface area contributed by atoms with Crippen LogP contribution >= 0.6 is 23.2 Å². The molecule has 7 heteroatoms. The molecule has 3 aromatic rings. The molecular formula is C26H21Cl2NO4. The summed E-state index contributed by atoms with van der Waals surface area (Å²) in [5.41, 5.74) is 3.15. The number of methoxy groups -OCH3 is 1. The van der Waals surface area contributed by atoms with Crippen molar-refractivity contribution in [2.45, 2.75) is 19.9 Å². The first-order valence-corrected chi connectivity index (χ1v) is 11.0. The lowest BCUT2D eigenvalue weighted by Gasteiger charge is -2.27. The van der Waals surface area contributed by atoms with Gasteiger partial charge in [0.2, 0.25) is 0 Å². The topological polar surface area (TPSA) is 66.8 Å². The molecule has 0 spiro atoms. The van der Waals surface area contributed by atoms with E-state index in [0.717, 1.165) is 11.1 Å². The second kappa shape index (κ2) is 8.93. The van der Waals surface area contributed by atoms with Gasteiger partial charge in [0.15, 0.2) is 0 Å². The Morgan fingerprint density at radius 2 is 1.67 bits per heavy atom. The molecule has 33 heavy (non-hydrogen) atoms. The minimum Gasteiger partial charge on any atom is -0.507 e. The molecule has 1 fully saturated rings. The van der Waals surface area contributed by atoms with E-state index in [1.54, 1.807) is 50.4 Å². The van der Waals surface area contributed by atoms with Crippen LogP contribution < -0.4 is 9.64 Å². The second-order valence-corrected chi connectivity index (χ2v) is 8.62. The van der Waals surface area contributed by atoms with Crippen molar-refractivity contribution in [2.75, 3.05) is 12.0 Å². The quantitative estimate of drug-likeness (QED) is 0.271. The van der Waals surface area contributed by atoms with Gasteiger partial charge in [0.1, 0.15) is 11.5 Å². The van der Waals surface area contributed by atoms with Crippen LogP contribution in [0.15, 0.2) is 66.2 Å². The summed E-state index contributed by atoms with van der Waals surface area (Å²) in [6, 6.07) is 16.5. The number of aliphatic hydroxyl groups is 1. The summed E-state index contributed by atoms with van der Waals surface area (Å²) in [6.07, 6.45) is 0. The van der Waals surface area contributed by atoms with Gasteiger partial charge in [0.25, 0.3) is 11.7 Å². The molecule has 1 aliphatic rings. The molecule has 5 nitrogen and oxygen atoms in total. The molecule has 1 amide bonds. The highest BCUT2D eigenvalue weighted by Crippen LogP contribution is 2.44. The Labute approximate surface area is 201 Å². The fourth-order valence-electron chi connectivity index (χ4n) is 4.10. The third-order valence-corrected chi connectivity index (χ3v) is 6.54. The zero-order valence-electron chi connectivity index (χ0n) is 18.2. The van der Waals surface area contributed by atoms with Gasteiger partial charge in [-0.05, 0) is 66.9 Å².